The number of aliphatic hydroxyl groups excluding tert-OH is 1. The Labute approximate surface area is 134 Å². The number of fused-ring (bicyclic) bond motifs is 1. The van der Waals surface area contributed by atoms with Crippen molar-refractivity contribution >= 4 is 22.7 Å². The van der Waals surface area contributed by atoms with Gasteiger partial charge in [-0.1, -0.05) is 17.6 Å². The van der Waals surface area contributed by atoms with Crippen molar-refractivity contribution in [1.82, 2.24) is 15.6 Å². The van der Waals surface area contributed by atoms with Gasteiger partial charge in [0.15, 0.2) is 0 Å². The minimum absolute atomic E-state index is 0.0313. The molecule has 2 rings (SSSR count). The van der Waals surface area contributed by atoms with Crippen LogP contribution >= 0.6 is 0 Å². The molecule has 0 aliphatic rings. The fourth-order valence-electron chi connectivity index (χ4n) is 2.25. The molecule has 2 aromatic rings. The van der Waals surface area contributed by atoms with Crippen LogP contribution in [0.15, 0.2) is 24.3 Å². The number of aromatic nitrogens is 1. The number of carbonyl (C=O) groups is 2. The highest BCUT2D eigenvalue weighted by Crippen LogP contribution is 2.17. The largest absolute Gasteiger partial charge is 0.391 e. The molecule has 2 amide bonds. The van der Waals surface area contributed by atoms with E-state index in [1.165, 1.54) is 6.92 Å². The van der Waals surface area contributed by atoms with E-state index < -0.39 is 24.0 Å². The lowest BCUT2D eigenvalue weighted by Gasteiger charge is -2.19. The molecule has 6 heteroatoms. The number of aliphatic hydroxyl groups is 1. The Kier molecular flexibility index (Phi) is 5.04. The van der Waals surface area contributed by atoms with Crippen molar-refractivity contribution in [3.8, 4) is 12.3 Å². The van der Waals surface area contributed by atoms with Gasteiger partial charge in [0.1, 0.15) is 11.7 Å². The molecule has 6 nitrogen and oxygen atoms in total. The molecular formula is C17H19N3O3. The summed E-state index contributed by atoms with van der Waals surface area (Å²) in [6.07, 6.45) is 4.03. The van der Waals surface area contributed by atoms with E-state index in [1.54, 1.807) is 6.07 Å². The second kappa shape index (κ2) is 6.99. The van der Waals surface area contributed by atoms with Crippen molar-refractivity contribution < 1.29 is 14.7 Å². The van der Waals surface area contributed by atoms with Crippen LogP contribution in [0.3, 0.4) is 0 Å². The number of terminal acetylenes is 1. The summed E-state index contributed by atoms with van der Waals surface area (Å²) in [5.41, 5.74) is 2.23. The molecule has 0 radical (unpaired) electrons. The molecule has 120 valence electrons. The third kappa shape index (κ3) is 3.90. The fraction of sp³-hybridized carbons (Fsp3) is 0.294. The van der Waals surface area contributed by atoms with Gasteiger partial charge in [0, 0.05) is 10.9 Å². The number of hydrogen-bond acceptors (Lipinski definition) is 3. The zero-order valence-corrected chi connectivity index (χ0v) is 13.0. The smallest absolute Gasteiger partial charge is 0.268 e. The molecule has 2 atom stereocenters. The molecule has 0 unspecified atom stereocenters. The summed E-state index contributed by atoms with van der Waals surface area (Å²) in [6.45, 7) is 3.42. The van der Waals surface area contributed by atoms with Crippen LogP contribution in [0.2, 0.25) is 0 Å². The predicted octanol–water partition coefficient (Wildman–Crippen LogP) is 0.705. The van der Waals surface area contributed by atoms with Crippen LogP contribution in [0, 0.1) is 19.3 Å². The van der Waals surface area contributed by atoms with Gasteiger partial charge in [-0.2, -0.15) is 0 Å². The van der Waals surface area contributed by atoms with E-state index in [0.717, 1.165) is 16.5 Å². The first-order valence-electron chi connectivity index (χ1n) is 7.22. The number of carbonyl (C=O) groups excluding carboxylic acids is 2. The number of aromatic amines is 1. The molecule has 23 heavy (non-hydrogen) atoms. The number of benzene rings is 1. The highest BCUT2D eigenvalue weighted by molar-refractivity contribution is 6.00. The lowest BCUT2D eigenvalue weighted by atomic mass is 10.1. The van der Waals surface area contributed by atoms with E-state index in [4.69, 9.17) is 6.42 Å². The molecular weight excluding hydrogens is 294 g/mol. The van der Waals surface area contributed by atoms with Gasteiger partial charge < -0.3 is 20.7 Å². The van der Waals surface area contributed by atoms with E-state index in [2.05, 4.69) is 21.5 Å². The minimum Gasteiger partial charge on any atom is -0.391 e. The average molecular weight is 313 g/mol. The first-order valence-corrected chi connectivity index (χ1v) is 7.22. The molecule has 0 fully saturated rings. The Balaban J connectivity index is 2.17. The van der Waals surface area contributed by atoms with Crippen molar-refractivity contribution in [2.24, 2.45) is 0 Å². The molecule has 1 aromatic heterocycles. The zero-order chi connectivity index (χ0) is 17.0. The van der Waals surface area contributed by atoms with Gasteiger partial charge >= 0.3 is 0 Å². The summed E-state index contributed by atoms with van der Waals surface area (Å²) in [4.78, 5) is 27.2. The zero-order valence-electron chi connectivity index (χ0n) is 13.0. The van der Waals surface area contributed by atoms with E-state index >= 15 is 0 Å². The minimum atomic E-state index is -1.08. The fourth-order valence-corrected chi connectivity index (χ4v) is 2.25. The van der Waals surface area contributed by atoms with Crippen molar-refractivity contribution in [2.45, 2.75) is 26.0 Å². The SMILES string of the molecule is C#CCNC(=O)[C@@H](NC(=O)c1cc2cc(C)ccc2[nH]1)[C@@H](C)O. The third-order valence-electron chi connectivity index (χ3n) is 3.44. The maximum absolute atomic E-state index is 12.3. The molecule has 1 aromatic carbocycles. The van der Waals surface area contributed by atoms with Gasteiger partial charge in [0.25, 0.3) is 5.91 Å². The van der Waals surface area contributed by atoms with Crippen LogP contribution in [0.5, 0.6) is 0 Å². The van der Waals surface area contributed by atoms with E-state index in [9.17, 15) is 14.7 Å². The molecule has 1 heterocycles. The number of hydrogen-bond donors (Lipinski definition) is 4. The molecule has 0 aliphatic carbocycles. The van der Waals surface area contributed by atoms with Crippen molar-refractivity contribution in [1.29, 1.82) is 0 Å². The van der Waals surface area contributed by atoms with Gasteiger partial charge in [-0.15, -0.1) is 6.42 Å². The second-order valence-corrected chi connectivity index (χ2v) is 5.39. The van der Waals surface area contributed by atoms with Gasteiger partial charge in [-0.3, -0.25) is 9.59 Å². The maximum Gasteiger partial charge on any atom is 0.268 e. The summed E-state index contributed by atoms with van der Waals surface area (Å²) >= 11 is 0. The predicted molar refractivity (Wildman–Crippen MR) is 87.8 cm³/mol. The number of rotatable bonds is 5. The Hall–Kier alpha value is -2.78. The van der Waals surface area contributed by atoms with Gasteiger partial charge in [-0.05, 0) is 32.0 Å². The lowest BCUT2D eigenvalue weighted by Crippen LogP contribution is -2.52. The quantitative estimate of drug-likeness (QED) is 0.612. The number of aryl methyl sites for hydroxylation is 1. The molecule has 0 spiro atoms. The molecule has 0 aliphatic heterocycles. The van der Waals surface area contributed by atoms with Gasteiger partial charge in [-0.25, -0.2) is 0 Å². The molecule has 4 N–H and O–H groups in total. The van der Waals surface area contributed by atoms with Gasteiger partial charge in [0.2, 0.25) is 5.91 Å². The summed E-state index contributed by atoms with van der Waals surface area (Å²) in [7, 11) is 0. The first-order chi connectivity index (χ1) is 10.9. The van der Waals surface area contributed by atoms with Crippen LogP contribution in [0.4, 0.5) is 0 Å². The second-order valence-electron chi connectivity index (χ2n) is 5.39. The number of amides is 2. The summed E-state index contributed by atoms with van der Waals surface area (Å²) < 4.78 is 0. The van der Waals surface area contributed by atoms with Crippen LogP contribution in [0.25, 0.3) is 10.9 Å². The summed E-state index contributed by atoms with van der Waals surface area (Å²) in [6, 6.07) is 6.40. The highest BCUT2D eigenvalue weighted by atomic mass is 16.3. The van der Waals surface area contributed by atoms with E-state index in [-0.39, 0.29) is 6.54 Å². The topological polar surface area (TPSA) is 94.2 Å². The van der Waals surface area contributed by atoms with E-state index in [1.807, 2.05) is 25.1 Å². The summed E-state index contributed by atoms with van der Waals surface area (Å²) in [5.74, 6) is 1.27. The first kappa shape index (κ1) is 16.6. The number of H-pyrrole nitrogens is 1. The van der Waals surface area contributed by atoms with Crippen LogP contribution in [-0.2, 0) is 4.79 Å². The molecule has 0 saturated carbocycles. The van der Waals surface area contributed by atoms with E-state index in [0.29, 0.717) is 5.69 Å². The Morgan fingerprint density at radius 2 is 2.13 bits per heavy atom. The average Bonchev–Trinajstić information content (AvgIpc) is 2.92. The summed E-state index contributed by atoms with van der Waals surface area (Å²) in [5, 5.41) is 15.6. The van der Waals surface area contributed by atoms with Gasteiger partial charge in [0.05, 0.1) is 12.6 Å². The Bertz CT molecular complexity index is 771. The van der Waals surface area contributed by atoms with Crippen LogP contribution in [-0.4, -0.2) is 40.6 Å². The maximum atomic E-state index is 12.3. The number of nitrogens with one attached hydrogen (secondary N) is 3. The normalized spacial score (nSPS) is 13.1. The van der Waals surface area contributed by atoms with Crippen molar-refractivity contribution in [3.05, 3.63) is 35.5 Å². The monoisotopic (exact) mass is 313 g/mol. The van der Waals surface area contributed by atoms with Crippen molar-refractivity contribution in [2.75, 3.05) is 6.54 Å². The molecule has 0 bridgehead atoms. The lowest BCUT2D eigenvalue weighted by molar-refractivity contribution is -0.125. The van der Waals surface area contributed by atoms with Crippen LogP contribution < -0.4 is 10.6 Å². The Morgan fingerprint density at radius 3 is 2.78 bits per heavy atom. The Morgan fingerprint density at radius 1 is 1.39 bits per heavy atom. The van der Waals surface area contributed by atoms with Crippen LogP contribution in [0.1, 0.15) is 23.0 Å². The standard InChI is InChI=1S/C17H19N3O3/c1-4-7-18-17(23)15(11(3)21)20-16(22)14-9-12-8-10(2)5-6-13(12)19-14/h1,5-6,8-9,11,15,19,21H,7H2,2-3H3,(H,18,23)(H,20,22)/t11-,15+/m1/s1. The highest BCUT2D eigenvalue weighted by Gasteiger charge is 2.26. The van der Waals surface area contributed by atoms with Crippen molar-refractivity contribution in [3.63, 3.8) is 0 Å². The third-order valence-corrected chi connectivity index (χ3v) is 3.44. The molecule has 0 saturated heterocycles.